The summed E-state index contributed by atoms with van der Waals surface area (Å²) in [4.78, 5) is 11.7. The van der Waals surface area contributed by atoms with Crippen LogP contribution in [0, 0.1) is 0 Å². The van der Waals surface area contributed by atoms with E-state index < -0.39 is 0 Å². The number of hydrogen-bond acceptors (Lipinski definition) is 4. The summed E-state index contributed by atoms with van der Waals surface area (Å²) in [6.07, 6.45) is 0. The average molecular weight is 206 g/mol. The van der Waals surface area contributed by atoms with E-state index in [1.807, 2.05) is 30.3 Å². The van der Waals surface area contributed by atoms with E-state index in [1.165, 1.54) is 11.9 Å². The Hall–Kier alpha value is -1.13. The highest BCUT2D eigenvalue weighted by atomic mass is 32.2. The van der Waals surface area contributed by atoms with Gasteiger partial charge in [-0.3, -0.25) is 4.79 Å². The minimum Gasteiger partial charge on any atom is -0.329 e. The minimum absolute atomic E-state index is 0.0451. The lowest BCUT2D eigenvalue weighted by atomic mass is 10.0. The maximum Gasteiger partial charge on any atom is 0.198 e. The molecule has 1 unspecified atom stereocenters. The van der Waals surface area contributed by atoms with Crippen molar-refractivity contribution < 1.29 is 4.79 Å². The molecule has 0 fully saturated rings. The second-order valence-corrected chi connectivity index (χ2v) is 3.96. The standard InChI is InChI=1S/C10H10N2OS/c11-6-8-10(13)9(12-14-8)7-4-2-1-3-5-7/h1-5,8H,6,11H2. The van der Waals surface area contributed by atoms with E-state index in [0.717, 1.165) is 5.56 Å². The van der Waals surface area contributed by atoms with Crippen LogP contribution in [0.4, 0.5) is 0 Å². The summed E-state index contributed by atoms with van der Waals surface area (Å²) >= 11 is 1.27. The number of carbonyl (C=O) groups is 1. The number of nitrogens with two attached hydrogens (primary N) is 1. The van der Waals surface area contributed by atoms with Crippen LogP contribution in [0.25, 0.3) is 0 Å². The van der Waals surface area contributed by atoms with Gasteiger partial charge in [-0.25, -0.2) is 4.40 Å². The van der Waals surface area contributed by atoms with Gasteiger partial charge < -0.3 is 5.73 Å². The first-order valence-electron chi connectivity index (χ1n) is 4.36. The zero-order valence-corrected chi connectivity index (χ0v) is 8.33. The molecule has 0 saturated heterocycles. The summed E-state index contributed by atoms with van der Waals surface area (Å²) in [6.45, 7) is 0.351. The van der Waals surface area contributed by atoms with E-state index in [-0.39, 0.29) is 11.0 Å². The summed E-state index contributed by atoms with van der Waals surface area (Å²) < 4.78 is 4.14. The largest absolute Gasteiger partial charge is 0.329 e. The Morgan fingerprint density at radius 3 is 2.64 bits per heavy atom. The molecule has 0 aliphatic carbocycles. The molecule has 14 heavy (non-hydrogen) atoms. The maximum atomic E-state index is 11.7. The molecule has 0 bridgehead atoms. The van der Waals surface area contributed by atoms with Gasteiger partial charge in [0.2, 0.25) is 0 Å². The zero-order chi connectivity index (χ0) is 9.97. The molecule has 0 spiro atoms. The third kappa shape index (κ3) is 1.58. The number of rotatable bonds is 2. The number of hydrogen-bond donors (Lipinski definition) is 1. The molecule has 1 aliphatic heterocycles. The van der Waals surface area contributed by atoms with Crippen LogP contribution >= 0.6 is 11.9 Å². The summed E-state index contributed by atoms with van der Waals surface area (Å²) in [5.41, 5.74) is 6.87. The molecule has 2 N–H and O–H groups in total. The van der Waals surface area contributed by atoms with Gasteiger partial charge in [0, 0.05) is 12.1 Å². The lowest BCUT2D eigenvalue weighted by Crippen LogP contribution is -2.28. The Labute approximate surface area is 86.5 Å². The Morgan fingerprint density at radius 1 is 1.36 bits per heavy atom. The highest BCUT2D eigenvalue weighted by Crippen LogP contribution is 2.24. The van der Waals surface area contributed by atoms with Gasteiger partial charge in [0.15, 0.2) is 5.78 Å². The van der Waals surface area contributed by atoms with Crippen LogP contribution in [0.1, 0.15) is 5.56 Å². The van der Waals surface area contributed by atoms with Crippen molar-refractivity contribution in [2.45, 2.75) is 5.25 Å². The molecular weight excluding hydrogens is 196 g/mol. The van der Waals surface area contributed by atoms with Crippen LogP contribution in [-0.4, -0.2) is 23.3 Å². The summed E-state index contributed by atoms with van der Waals surface area (Å²) in [6, 6.07) is 9.47. The number of ketones is 1. The molecule has 4 heteroatoms. The van der Waals surface area contributed by atoms with Crippen molar-refractivity contribution >= 4 is 23.4 Å². The lowest BCUT2D eigenvalue weighted by Gasteiger charge is -2.01. The molecule has 2 rings (SSSR count). The first kappa shape index (κ1) is 9.43. The fourth-order valence-corrected chi connectivity index (χ4v) is 2.02. The lowest BCUT2D eigenvalue weighted by molar-refractivity contribution is -0.112. The second-order valence-electron chi connectivity index (χ2n) is 3.00. The van der Waals surface area contributed by atoms with E-state index in [4.69, 9.17) is 5.73 Å². The second kappa shape index (κ2) is 3.94. The molecule has 1 heterocycles. The SMILES string of the molecule is NCC1SN=C(c2ccccc2)C1=O. The third-order valence-electron chi connectivity index (χ3n) is 2.06. The van der Waals surface area contributed by atoms with Crippen molar-refractivity contribution in [2.24, 2.45) is 10.1 Å². The molecule has 1 aromatic rings. The Morgan fingerprint density at radius 2 is 2.07 bits per heavy atom. The first-order chi connectivity index (χ1) is 6.83. The monoisotopic (exact) mass is 206 g/mol. The number of carbonyl (C=O) groups excluding carboxylic acids is 1. The molecule has 1 aliphatic rings. The predicted molar refractivity (Wildman–Crippen MR) is 58.4 cm³/mol. The molecule has 72 valence electrons. The molecule has 1 atom stereocenters. The van der Waals surface area contributed by atoms with Gasteiger partial charge in [0.25, 0.3) is 0 Å². The first-order valence-corrected chi connectivity index (χ1v) is 5.20. The van der Waals surface area contributed by atoms with Gasteiger partial charge in [-0.05, 0) is 11.9 Å². The van der Waals surface area contributed by atoms with Crippen molar-refractivity contribution in [2.75, 3.05) is 6.54 Å². The average Bonchev–Trinajstić information content (AvgIpc) is 2.61. The molecule has 0 radical (unpaired) electrons. The normalized spacial score (nSPS) is 21.1. The van der Waals surface area contributed by atoms with Crippen molar-refractivity contribution in [3.05, 3.63) is 35.9 Å². The van der Waals surface area contributed by atoms with E-state index in [1.54, 1.807) is 0 Å². The van der Waals surface area contributed by atoms with Crippen LogP contribution < -0.4 is 5.73 Å². The smallest absolute Gasteiger partial charge is 0.198 e. The minimum atomic E-state index is -0.190. The molecule has 0 amide bonds. The fraction of sp³-hybridized carbons (Fsp3) is 0.200. The van der Waals surface area contributed by atoms with Gasteiger partial charge in [0.05, 0.1) is 0 Å². The number of benzene rings is 1. The predicted octanol–water partition coefficient (Wildman–Crippen LogP) is 1.03. The van der Waals surface area contributed by atoms with Crippen molar-refractivity contribution in [1.29, 1.82) is 0 Å². The summed E-state index contributed by atoms with van der Waals surface area (Å²) in [7, 11) is 0. The van der Waals surface area contributed by atoms with Gasteiger partial charge >= 0.3 is 0 Å². The van der Waals surface area contributed by atoms with Gasteiger partial charge in [-0.15, -0.1) is 0 Å². The van der Waals surface area contributed by atoms with E-state index in [2.05, 4.69) is 4.40 Å². The number of nitrogens with zero attached hydrogens (tertiary/aromatic N) is 1. The van der Waals surface area contributed by atoms with Crippen molar-refractivity contribution in [3.63, 3.8) is 0 Å². The fourth-order valence-electron chi connectivity index (χ4n) is 1.30. The quantitative estimate of drug-likeness (QED) is 0.735. The van der Waals surface area contributed by atoms with Crippen LogP contribution in [0.15, 0.2) is 34.7 Å². The molecule has 0 saturated carbocycles. The van der Waals surface area contributed by atoms with Crippen molar-refractivity contribution in [1.82, 2.24) is 0 Å². The Kier molecular flexibility index (Phi) is 2.65. The van der Waals surface area contributed by atoms with Crippen LogP contribution in [-0.2, 0) is 4.79 Å². The molecule has 3 nitrogen and oxygen atoms in total. The van der Waals surface area contributed by atoms with E-state index >= 15 is 0 Å². The highest BCUT2D eigenvalue weighted by molar-refractivity contribution is 8.00. The van der Waals surface area contributed by atoms with Gasteiger partial charge in [-0.2, -0.15) is 0 Å². The topological polar surface area (TPSA) is 55.4 Å². The van der Waals surface area contributed by atoms with E-state index in [9.17, 15) is 4.79 Å². The van der Waals surface area contributed by atoms with Crippen LogP contribution in [0.2, 0.25) is 0 Å². The molecule has 0 aromatic heterocycles. The van der Waals surface area contributed by atoms with Crippen LogP contribution in [0.3, 0.4) is 0 Å². The van der Waals surface area contributed by atoms with E-state index in [0.29, 0.717) is 12.3 Å². The maximum absolute atomic E-state index is 11.7. The van der Waals surface area contributed by atoms with Gasteiger partial charge in [0.1, 0.15) is 11.0 Å². The molecule has 1 aromatic carbocycles. The third-order valence-corrected chi connectivity index (χ3v) is 3.01. The van der Waals surface area contributed by atoms with Gasteiger partial charge in [-0.1, -0.05) is 30.3 Å². The van der Waals surface area contributed by atoms with Crippen LogP contribution in [0.5, 0.6) is 0 Å². The highest BCUT2D eigenvalue weighted by Gasteiger charge is 2.29. The Balaban J connectivity index is 2.26. The summed E-state index contributed by atoms with van der Waals surface area (Å²) in [5, 5.41) is -0.190. The molecular formula is C10H10N2OS. The number of Topliss-reactive ketones (excluding diaryl/α,β-unsaturated/α-hetero) is 1. The van der Waals surface area contributed by atoms with Crippen molar-refractivity contribution in [3.8, 4) is 0 Å². The summed E-state index contributed by atoms with van der Waals surface area (Å²) in [5.74, 6) is 0.0451. The zero-order valence-electron chi connectivity index (χ0n) is 7.51. The Bertz CT molecular complexity index is 375.